The van der Waals surface area contributed by atoms with E-state index < -0.39 is 20.7 Å². The number of halogens is 2. The maximum Gasteiger partial charge on any atom is 0.247 e. The van der Waals surface area contributed by atoms with Gasteiger partial charge in [-0.15, -0.1) is 10.2 Å². The zero-order valence-electron chi connectivity index (χ0n) is 17.5. The van der Waals surface area contributed by atoms with Crippen LogP contribution in [0.1, 0.15) is 11.5 Å². The van der Waals surface area contributed by atoms with Crippen LogP contribution in [0.25, 0.3) is 11.5 Å². The second-order valence-corrected chi connectivity index (χ2v) is 9.34. The first-order chi connectivity index (χ1) is 15.9. The zero-order chi connectivity index (χ0) is 23.4. The first-order valence-electron chi connectivity index (χ1n) is 9.83. The Balaban J connectivity index is 1.67. The Morgan fingerprint density at radius 3 is 2.36 bits per heavy atom. The van der Waals surface area contributed by atoms with Crippen molar-refractivity contribution in [3.63, 3.8) is 0 Å². The van der Waals surface area contributed by atoms with Gasteiger partial charge in [-0.25, -0.2) is 12.8 Å². The van der Waals surface area contributed by atoms with E-state index in [0.29, 0.717) is 21.9 Å². The van der Waals surface area contributed by atoms with E-state index in [1.54, 1.807) is 55.6 Å². The molecule has 0 saturated carbocycles. The predicted octanol–water partition coefficient (Wildman–Crippen LogP) is 4.93. The van der Waals surface area contributed by atoms with Gasteiger partial charge >= 0.3 is 0 Å². The lowest BCUT2D eigenvalue weighted by Gasteiger charge is -2.21. The molecule has 0 saturated heterocycles. The fourth-order valence-electron chi connectivity index (χ4n) is 3.15. The van der Waals surface area contributed by atoms with Crippen molar-refractivity contribution in [3.8, 4) is 17.2 Å². The molecule has 0 aliphatic carbocycles. The van der Waals surface area contributed by atoms with Crippen LogP contribution in [0.2, 0.25) is 5.02 Å². The van der Waals surface area contributed by atoms with Gasteiger partial charge in [0.05, 0.1) is 13.7 Å². The third-order valence-electron chi connectivity index (χ3n) is 4.87. The molecule has 33 heavy (non-hydrogen) atoms. The van der Waals surface area contributed by atoms with E-state index in [1.807, 2.05) is 0 Å². The largest absolute Gasteiger partial charge is 0.497 e. The Labute approximate surface area is 195 Å². The third-order valence-corrected chi connectivity index (χ3v) is 7.07. The molecule has 10 heteroatoms. The summed E-state index contributed by atoms with van der Waals surface area (Å²) in [6.07, 6.45) is 0. The highest BCUT2D eigenvalue weighted by molar-refractivity contribution is 7.89. The molecule has 4 rings (SSSR count). The number of sulfonamides is 1. The quantitative estimate of drug-likeness (QED) is 0.350. The first-order valence-corrected chi connectivity index (χ1v) is 11.6. The molecule has 0 N–H and O–H groups in total. The minimum atomic E-state index is -4.25. The molecule has 3 aromatic carbocycles. The van der Waals surface area contributed by atoms with Gasteiger partial charge in [0.2, 0.25) is 21.8 Å². The molecule has 0 fully saturated rings. The van der Waals surface area contributed by atoms with Crippen molar-refractivity contribution >= 4 is 21.6 Å². The normalized spacial score (nSPS) is 11.6. The molecule has 0 aliphatic rings. The zero-order valence-corrected chi connectivity index (χ0v) is 19.1. The van der Waals surface area contributed by atoms with E-state index in [4.69, 9.17) is 20.8 Å². The summed E-state index contributed by atoms with van der Waals surface area (Å²) < 4.78 is 53.0. The van der Waals surface area contributed by atoms with E-state index >= 15 is 0 Å². The summed E-state index contributed by atoms with van der Waals surface area (Å²) in [6.45, 7) is -0.387. The van der Waals surface area contributed by atoms with Crippen molar-refractivity contribution in [3.05, 3.63) is 95.1 Å². The molecular formula is C23H19ClFN3O4S. The van der Waals surface area contributed by atoms with Gasteiger partial charge in [0.1, 0.15) is 16.5 Å². The molecule has 4 aromatic rings. The lowest BCUT2D eigenvalue weighted by atomic mass is 10.2. The number of benzene rings is 3. The summed E-state index contributed by atoms with van der Waals surface area (Å²) in [7, 11) is -2.69. The Morgan fingerprint density at radius 2 is 1.67 bits per heavy atom. The van der Waals surface area contributed by atoms with Gasteiger partial charge in [-0.2, -0.15) is 4.31 Å². The van der Waals surface area contributed by atoms with Crippen LogP contribution in [0.5, 0.6) is 5.75 Å². The van der Waals surface area contributed by atoms with Crippen molar-refractivity contribution in [1.29, 1.82) is 0 Å². The van der Waals surface area contributed by atoms with Gasteiger partial charge in [0.25, 0.3) is 0 Å². The van der Waals surface area contributed by atoms with Crippen LogP contribution in [0.15, 0.2) is 82.1 Å². The van der Waals surface area contributed by atoms with Gasteiger partial charge in [-0.1, -0.05) is 41.9 Å². The van der Waals surface area contributed by atoms with E-state index in [1.165, 1.54) is 18.2 Å². The number of ether oxygens (including phenoxy) is 1. The molecule has 0 unspecified atom stereocenters. The second kappa shape index (κ2) is 9.70. The maximum absolute atomic E-state index is 14.4. The molecule has 1 aromatic heterocycles. The smallest absolute Gasteiger partial charge is 0.247 e. The summed E-state index contributed by atoms with van der Waals surface area (Å²) in [4.78, 5) is -0.452. The minimum Gasteiger partial charge on any atom is -0.497 e. The Hall–Kier alpha value is -3.27. The lowest BCUT2D eigenvalue weighted by molar-refractivity contribution is 0.351. The average Bonchev–Trinajstić information content (AvgIpc) is 3.29. The topological polar surface area (TPSA) is 85.5 Å². The fraction of sp³-hybridized carbons (Fsp3) is 0.130. The van der Waals surface area contributed by atoms with Crippen molar-refractivity contribution in [2.24, 2.45) is 0 Å². The van der Waals surface area contributed by atoms with Crippen molar-refractivity contribution in [1.82, 2.24) is 14.5 Å². The standard InChI is InChI=1S/C23H19ClFN3O4S/c1-31-18-12-10-16(11-13-18)23-27-26-22(32-23)15-28(14-17-6-2-3-7-19(17)24)33(29,30)21-9-5-4-8-20(21)25/h2-13H,14-15H2,1H3. The van der Waals surface area contributed by atoms with Crippen LogP contribution in [-0.2, 0) is 23.1 Å². The first kappa shape index (κ1) is 22.9. The van der Waals surface area contributed by atoms with Crippen LogP contribution in [0.4, 0.5) is 4.39 Å². The van der Waals surface area contributed by atoms with Crippen LogP contribution < -0.4 is 4.74 Å². The molecule has 1 heterocycles. The number of hydrogen-bond donors (Lipinski definition) is 0. The van der Waals surface area contributed by atoms with Gasteiger partial charge in [-0.05, 0) is 48.0 Å². The summed E-state index contributed by atoms with van der Waals surface area (Å²) in [5, 5.41) is 8.39. The molecule has 0 radical (unpaired) electrons. The van der Waals surface area contributed by atoms with Crippen LogP contribution in [0.3, 0.4) is 0 Å². The molecule has 7 nitrogen and oxygen atoms in total. The highest BCUT2D eigenvalue weighted by Gasteiger charge is 2.30. The molecule has 0 amide bonds. The summed E-state index contributed by atoms with van der Waals surface area (Å²) in [5.41, 5.74) is 1.19. The maximum atomic E-state index is 14.4. The van der Waals surface area contributed by atoms with Gasteiger partial charge in [0, 0.05) is 17.1 Å². The van der Waals surface area contributed by atoms with E-state index in [-0.39, 0.29) is 24.9 Å². The summed E-state index contributed by atoms with van der Waals surface area (Å²) in [6, 6.07) is 19.0. The SMILES string of the molecule is COc1ccc(-c2nnc(CN(Cc3ccccc3Cl)S(=O)(=O)c3ccccc3F)o2)cc1. The minimum absolute atomic E-state index is 0.0489. The van der Waals surface area contributed by atoms with E-state index in [0.717, 1.165) is 10.4 Å². The van der Waals surface area contributed by atoms with Gasteiger partial charge in [-0.3, -0.25) is 0 Å². The number of aromatic nitrogens is 2. The highest BCUT2D eigenvalue weighted by atomic mass is 35.5. The van der Waals surface area contributed by atoms with Crippen LogP contribution in [0, 0.1) is 5.82 Å². The van der Waals surface area contributed by atoms with Gasteiger partial charge < -0.3 is 9.15 Å². The highest BCUT2D eigenvalue weighted by Crippen LogP contribution is 2.27. The number of rotatable bonds is 8. The van der Waals surface area contributed by atoms with E-state index in [9.17, 15) is 12.8 Å². The molecule has 0 aliphatic heterocycles. The number of nitrogens with zero attached hydrogens (tertiary/aromatic N) is 3. The summed E-state index contributed by atoms with van der Waals surface area (Å²) >= 11 is 6.25. The lowest BCUT2D eigenvalue weighted by Crippen LogP contribution is -2.31. The fourth-order valence-corrected chi connectivity index (χ4v) is 4.78. The van der Waals surface area contributed by atoms with Crippen molar-refractivity contribution < 1.29 is 22.0 Å². The van der Waals surface area contributed by atoms with Crippen molar-refractivity contribution in [2.45, 2.75) is 18.0 Å². The van der Waals surface area contributed by atoms with Crippen molar-refractivity contribution in [2.75, 3.05) is 7.11 Å². The Bertz CT molecular complexity index is 1360. The predicted molar refractivity (Wildman–Crippen MR) is 121 cm³/mol. The van der Waals surface area contributed by atoms with Crippen LogP contribution >= 0.6 is 11.6 Å². The number of hydrogen-bond acceptors (Lipinski definition) is 6. The Morgan fingerprint density at radius 1 is 0.970 bits per heavy atom. The van der Waals surface area contributed by atoms with E-state index in [2.05, 4.69) is 10.2 Å². The summed E-state index contributed by atoms with van der Waals surface area (Å²) in [5.74, 6) is 0.0768. The number of methoxy groups -OCH3 is 1. The monoisotopic (exact) mass is 487 g/mol. The second-order valence-electron chi connectivity index (χ2n) is 7.02. The Kier molecular flexibility index (Phi) is 6.73. The third kappa shape index (κ3) is 5.05. The molecular weight excluding hydrogens is 469 g/mol. The molecule has 0 atom stereocenters. The molecule has 0 bridgehead atoms. The van der Waals surface area contributed by atoms with Gasteiger partial charge in [0.15, 0.2) is 0 Å². The molecule has 170 valence electrons. The molecule has 0 spiro atoms. The average molecular weight is 488 g/mol. The van der Waals surface area contributed by atoms with Crippen LogP contribution in [-0.4, -0.2) is 30.0 Å².